The van der Waals surface area contributed by atoms with Crippen molar-refractivity contribution in [2.24, 2.45) is 5.92 Å². The molecule has 0 bridgehead atoms. The molecule has 1 aliphatic rings. The van der Waals surface area contributed by atoms with Gasteiger partial charge in [0.05, 0.1) is 11.5 Å². The second-order valence-corrected chi connectivity index (χ2v) is 9.77. The first-order valence-corrected chi connectivity index (χ1v) is 11.7. The van der Waals surface area contributed by atoms with E-state index in [1.807, 2.05) is 41.4 Å². The fourth-order valence-electron chi connectivity index (χ4n) is 4.20. The molecule has 0 saturated carbocycles. The van der Waals surface area contributed by atoms with E-state index in [9.17, 15) is 14.3 Å². The van der Waals surface area contributed by atoms with Gasteiger partial charge in [0.25, 0.3) is 0 Å². The zero-order valence-corrected chi connectivity index (χ0v) is 20.1. The summed E-state index contributed by atoms with van der Waals surface area (Å²) in [5, 5.41) is 17.7. The summed E-state index contributed by atoms with van der Waals surface area (Å²) in [5.74, 6) is -0.00449. The molecule has 3 heterocycles. The van der Waals surface area contributed by atoms with Crippen LogP contribution in [0.25, 0.3) is 16.6 Å². The normalized spacial score (nSPS) is 14.3. The Kier molecular flexibility index (Phi) is 5.94. The Hall–Kier alpha value is -3.49. The van der Waals surface area contributed by atoms with Crippen LogP contribution >= 0.6 is 11.6 Å². The third kappa shape index (κ3) is 4.72. The Labute approximate surface area is 207 Å². The van der Waals surface area contributed by atoms with Crippen LogP contribution in [0.1, 0.15) is 25.0 Å². The molecule has 180 valence electrons. The molecule has 1 fully saturated rings. The molecule has 0 aliphatic carbocycles. The summed E-state index contributed by atoms with van der Waals surface area (Å²) in [7, 11) is 0. The summed E-state index contributed by atoms with van der Waals surface area (Å²) in [6.45, 7) is 4.66. The van der Waals surface area contributed by atoms with Crippen molar-refractivity contribution < 1.29 is 14.3 Å². The average molecular weight is 494 g/mol. The summed E-state index contributed by atoms with van der Waals surface area (Å²) < 4.78 is 15.7. The molecule has 4 aromatic rings. The van der Waals surface area contributed by atoms with Crippen molar-refractivity contribution in [3.63, 3.8) is 0 Å². The van der Waals surface area contributed by atoms with Crippen LogP contribution in [0, 0.1) is 11.7 Å². The van der Waals surface area contributed by atoms with Crippen molar-refractivity contribution in [3.8, 4) is 11.1 Å². The van der Waals surface area contributed by atoms with Gasteiger partial charge in [0.15, 0.2) is 5.82 Å². The highest BCUT2D eigenvalue weighted by Gasteiger charge is 2.34. The smallest absolute Gasteiger partial charge is 0.226 e. The Morgan fingerprint density at radius 2 is 1.91 bits per heavy atom. The van der Waals surface area contributed by atoms with Crippen molar-refractivity contribution in [3.05, 3.63) is 83.0 Å². The van der Waals surface area contributed by atoms with E-state index in [-0.39, 0.29) is 18.4 Å². The minimum Gasteiger partial charge on any atom is -0.386 e. The lowest BCUT2D eigenvalue weighted by Crippen LogP contribution is -2.54. The first-order chi connectivity index (χ1) is 16.7. The van der Waals surface area contributed by atoms with Gasteiger partial charge in [-0.3, -0.25) is 4.79 Å². The summed E-state index contributed by atoms with van der Waals surface area (Å²) in [6.07, 6.45) is 3.43. The number of carbonyl (C=O) groups is 1. The van der Waals surface area contributed by atoms with Gasteiger partial charge in [0.1, 0.15) is 17.7 Å². The monoisotopic (exact) mass is 493 g/mol. The van der Waals surface area contributed by atoms with Crippen molar-refractivity contribution in [1.29, 1.82) is 0 Å². The number of benzene rings is 2. The largest absolute Gasteiger partial charge is 0.386 e. The van der Waals surface area contributed by atoms with Gasteiger partial charge >= 0.3 is 0 Å². The third-order valence-corrected chi connectivity index (χ3v) is 6.57. The highest BCUT2D eigenvalue weighted by Crippen LogP contribution is 2.31. The number of carbonyl (C=O) groups excluding carboxylic acids is 1. The molecule has 1 amide bonds. The fraction of sp³-hybridized carbons (Fsp3) is 0.269. The predicted molar refractivity (Wildman–Crippen MR) is 133 cm³/mol. The summed E-state index contributed by atoms with van der Waals surface area (Å²) in [4.78, 5) is 19.1. The molecule has 5 rings (SSSR count). The van der Waals surface area contributed by atoms with Crippen molar-refractivity contribution in [1.82, 2.24) is 19.9 Å². The fourth-order valence-corrected chi connectivity index (χ4v) is 4.36. The van der Waals surface area contributed by atoms with Gasteiger partial charge in [-0.25, -0.2) is 13.9 Å². The number of nitrogens with zero attached hydrogens (tertiary/aromatic N) is 4. The highest BCUT2D eigenvalue weighted by molar-refractivity contribution is 6.30. The first-order valence-electron chi connectivity index (χ1n) is 11.3. The highest BCUT2D eigenvalue weighted by atomic mass is 35.5. The number of halogens is 2. The maximum Gasteiger partial charge on any atom is 0.226 e. The second kappa shape index (κ2) is 8.94. The first kappa shape index (κ1) is 23.3. The van der Waals surface area contributed by atoms with Crippen molar-refractivity contribution in [2.75, 3.05) is 18.0 Å². The second-order valence-electron chi connectivity index (χ2n) is 9.33. The molecule has 0 unspecified atom stereocenters. The molecule has 2 aromatic heterocycles. The van der Waals surface area contributed by atoms with E-state index < -0.39 is 11.4 Å². The van der Waals surface area contributed by atoms with Crippen LogP contribution in [0.15, 0.2) is 61.1 Å². The number of nitrogens with one attached hydrogen (secondary N) is 1. The summed E-state index contributed by atoms with van der Waals surface area (Å²) in [6, 6.07) is 14.2. The lowest BCUT2D eigenvalue weighted by molar-refractivity contribution is -0.125. The molecule has 2 aromatic carbocycles. The Morgan fingerprint density at radius 3 is 2.60 bits per heavy atom. The molecule has 0 radical (unpaired) electrons. The van der Waals surface area contributed by atoms with Gasteiger partial charge in [-0.1, -0.05) is 41.9 Å². The van der Waals surface area contributed by atoms with Crippen LogP contribution < -0.4 is 10.2 Å². The lowest BCUT2D eigenvalue weighted by atomic mass is 9.96. The van der Waals surface area contributed by atoms with E-state index >= 15 is 0 Å². The third-order valence-electron chi connectivity index (χ3n) is 6.33. The molecule has 0 atom stereocenters. The van der Waals surface area contributed by atoms with E-state index in [1.54, 1.807) is 30.5 Å². The minimum atomic E-state index is -0.897. The minimum absolute atomic E-state index is 0.115. The maximum absolute atomic E-state index is 14.0. The molecule has 35 heavy (non-hydrogen) atoms. The maximum atomic E-state index is 14.0. The van der Waals surface area contributed by atoms with Crippen molar-refractivity contribution >= 4 is 28.8 Å². The molecule has 9 heteroatoms. The van der Waals surface area contributed by atoms with E-state index in [0.717, 1.165) is 28.0 Å². The Morgan fingerprint density at radius 1 is 1.17 bits per heavy atom. The predicted octanol–water partition coefficient (Wildman–Crippen LogP) is 4.17. The number of hydrogen-bond acceptors (Lipinski definition) is 5. The van der Waals surface area contributed by atoms with Gasteiger partial charge in [0, 0.05) is 42.0 Å². The zero-order chi connectivity index (χ0) is 24.7. The van der Waals surface area contributed by atoms with Crippen molar-refractivity contribution in [2.45, 2.75) is 26.0 Å². The molecular formula is C26H25ClFN5O2. The number of hydrogen-bond donors (Lipinski definition) is 2. The molecule has 7 nitrogen and oxygen atoms in total. The van der Waals surface area contributed by atoms with E-state index in [2.05, 4.69) is 15.4 Å². The SMILES string of the molecule is CC(C)(O)c1ccc(-c2cc3c(N4CC(C(=O)NCc5ccc(Cl)cc5F)C4)ncnn3c2)cc1. The van der Waals surface area contributed by atoms with Crippen LogP contribution in [0.3, 0.4) is 0 Å². The number of amides is 1. The molecule has 0 spiro atoms. The van der Waals surface area contributed by atoms with E-state index in [4.69, 9.17) is 11.6 Å². The number of fused-ring (bicyclic) bond motifs is 1. The van der Waals surface area contributed by atoms with E-state index in [0.29, 0.717) is 23.7 Å². The molecule has 1 saturated heterocycles. The van der Waals surface area contributed by atoms with Gasteiger partial charge in [-0.2, -0.15) is 5.10 Å². The number of aliphatic hydroxyl groups is 1. The average Bonchev–Trinajstić information content (AvgIpc) is 3.22. The van der Waals surface area contributed by atoms with Crippen LogP contribution in [0.4, 0.5) is 10.2 Å². The number of anilines is 1. The topological polar surface area (TPSA) is 82.8 Å². The summed E-state index contributed by atoms with van der Waals surface area (Å²) in [5.41, 5.74) is 3.17. The Bertz CT molecular complexity index is 1390. The van der Waals surface area contributed by atoms with Crippen LogP contribution in [-0.2, 0) is 16.9 Å². The standard InChI is InChI=1S/C26H25ClFN5O2/c1-26(2,35)20-6-3-16(4-7-20)18-9-23-24(30-15-31-33(23)14-18)32-12-19(13-32)25(34)29-11-17-5-8-21(27)10-22(17)28/h3-10,14-15,19,35H,11-13H2,1-2H3,(H,29,34). The Balaban J connectivity index is 1.26. The van der Waals surface area contributed by atoms with Gasteiger partial charge in [0.2, 0.25) is 5.91 Å². The molecular weight excluding hydrogens is 469 g/mol. The van der Waals surface area contributed by atoms with Gasteiger partial charge in [-0.05, 0) is 43.2 Å². The zero-order valence-electron chi connectivity index (χ0n) is 19.4. The van der Waals surface area contributed by atoms with E-state index in [1.165, 1.54) is 12.4 Å². The molecule has 2 N–H and O–H groups in total. The quantitative estimate of drug-likeness (QED) is 0.421. The van der Waals surface area contributed by atoms with Crippen LogP contribution in [-0.4, -0.2) is 38.7 Å². The summed E-state index contributed by atoms with van der Waals surface area (Å²) >= 11 is 5.78. The lowest BCUT2D eigenvalue weighted by Gasteiger charge is -2.39. The van der Waals surface area contributed by atoms with Crippen LogP contribution in [0.5, 0.6) is 0 Å². The number of rotatable bonds is 6. The van der Waals surface area contributed by atoms with Gasteiger partial charge < -0.3 is 15.3 Å². The molecule has 1 aliphatic heterocycles. The van der Waals surface area contributed by atoms with Gasteiger partial charge in [-0.15, -0.1) is 0 Å². The van der Waals surface area contributed by atoms with Crippen LogP contribution in [0.2, 0.25) is 5.02 Å². The number of aromatic nitrogens is 3.